The molecule has 0 aromatic rings. The zero-order valence-electron chi connectivity index (χ0n) is 4.39. The van der Waals surface area contributed by atoms with Crippen LogP contribution < -0.4 is 5.32 Å². The molecule has 0 aliphatic heterocycles. The van der Waals surface area contributed by atoms with Gasteiger partial charge in [0.1, 0.15) is 0 Å². The van der Waals surface area contributed by atoms with E-state index in [4.69, 9.17) is 5.11 Å². The zero-order chi connectivity index (χ0) is 6.57. The van der Waals surface area contributed by atoms with E-state index in [1.807, 2.05) is 22.6 Å². The van der Waals surface area contributed by atoms with Gasteiger partial charge in [-0.1, -0.05) is 29.5 Å². The van der Waals surface area contributed by atoms with Crippen LogP contribution in [0.4, 0.5) is 4.79 Å². The van der Waals surface area contributed by atoms with Crippen LogP contribution in [0.2, 0.25) is 0 Å². The standard InChI is InChI=1S/C4H7INO2/c1-2-3(5)6-4(7)8/h2-3,6H,1H3,(H,7,8). The highest BCUT2D eigenvalue weighted by Gasteiger charge is 2.01. The summed E-state index contributed by atoms with van der Waals surface area (Å²) in [7, 11) is 0. The van der Waals surface area contributed by atoms with E-state index in [0.29, 0.717) is 0 Å². The van der Waals surface area contributed by atoms with Gasteiger partial charge >= 0.3 is 6.09 Å². The summed E-state index contributed by atoms with van der Waals surface area (Å²) in [6.07, 6.45) is 0.775. The molecule has 0 bridgehead atoms. The van der Waals surface area contributed by atoms with E-state index in [1.165, 1.54) is 0 Å². The number of halogens is 1. The van der Waals surface area contributed by atoms with Gasteiger partial charge in [-0.25, -0.2) is 4.79 Å². The third kappa shape index (κ3) is 4.17. The van der Waals surface area contributed by atoms with Gasteiger partial charge in [0.15, 0.2) is 0 Å². The Morgan fingerprint density at radius 1 is 2.00 bits per heavy atom. The third-order valence-corrected chi connectivity index (χ3v) is 1.58. The quantitative estimate of drug-likeness (QED) is 0.424. The molecular formula is C4H7INO2. The highest BCUT2D eigenvalue weighted by Crippen LogP contribution is 1.97. The summed E-state index contributed by atoms with van der Waals surface area (Å²) in [5.74, 6) is 0. The molecule has 1 atom stereocenters. The van der Waals surface area contributed by atoms with Crippen molar-refractivity contribution < 1.29 is 9.90 Å². The lowest BCUT2D eigenvalue weighted by Crippen LogP contribution is -2.28. The maximum absolute atomic E-state index is 9.83. The summed E-state index contributed by atoms with van der Waals surface area (Å²) in [5.41, 5.74) is 0. The molecule has 1 amide bonds. The summed E-state index contributed by atoms with van der Waals surface area (Å²) < 4.78 is -0.0786. The minimum Gasteiger partial charge on any atom is -0.465 e. The molecule has 2 N–H and O–H groups in total. The monoisotopic (exact) mass is 228 g/mol. The fraction of sp³-hybridized carbons (Fsp3) is 0.500. The normalized spacial score (nSPS) is 12.8. The van der Waals surface area contributed by atoms with Crippen molar-refractivity contribution in [3.8, 4) is 0 Å². The number of amides is 1. The van der Waals surface area contributed by atoms with Gasteiger partial charge in [-0.2, -0.15) is 0 Å². The molecule has 3 nitrogen and oxygen atoms in total. The lowest BCUT2D eigenvalue weighted by molar-refractivity contribution is 0.195. The molecule has 1 radical (unpaired) electrons. The molecule has 47 valence electrons. The SMILES string of the molecule is C[CH]C(I)NC(=O)O. The van der Waals surface area contributed by atoms with E-state index in [-0.39, 0.29) is 4.05 Å². The second-order valence-electron chi connectivity index (χ2n) is 1.18. The third-order valence-electron chi connectivity index (χ3n) is 0.554. The molecule has 8 heavy (non-hydrogen) atoms. The van der Waals surface area contributed by atoms with Crippen molar-refractivity contribution in [2.75, 3.05) is 0 Å². The van der Waals surface area contributed by atoms with Crippen LogP contribution in [-0.2, 0) is 0 Å². The van der Waals surface area contributed by atoms with Gasteiger partial charge in [0.05, 0.1) is 4.05 Å². The van der Waals surface area contributed by atoms with Crippen molar-refractivity contribution in [2.45, 2.75) is 11.0 Å². The molecule has 0 aromatic carbocycles. The number of hydrogen-bond donors (Lipinski definition) is 2. The Morgan fingerprint density at radius 2 is 2.50 bits per heavy atom. The topological polar surface area (TPSA) is 49.3 Å². The van der Waals surface area contributed by atoms with Gasteiger partial charge in [-0.15, -0.1) is 0 Å². The molecule has 0 aromatic heterocycles. The van der Waals surface area contributed by atoms with Crippen LogP contribution in [0, 0.1) is 6.42 Å². The molecule has 0 aliphatic carbocycles. The van der Waals surface area contributed by atoms with Crippen LogP contribution in [0.5, 0.6) is 0 Å². The molecule has 0 fully saturated rings. The van der Waals surface area contributed by atoms with E-state index in [2.05, 4.69) is 5.32 Å². The molecule has 1 unspecified atom stereocenters. The van der Waals surface area contributed by atoms with Gasteiger partial charge in [-0.05, 0) is 6.42 Å². The minimum atomic E-state index is -0.984. The predicted octanol–water partition coefficient (Wildman–Crippen LogP) is 1.24. The number of nitrogens with one attached hydrogen (secondary N) is 1. The number of rotatable bonds is 2. The Labute approximate surface area is 61.6 Å². The lowest BCUT2D eigenvalue weighted by atomic mass is 10.5. The van der Waals surface area contributed by atoms with E-state index < -0.39 is 6.09 Å². The number of alkyl halides is 1. The molecule has 0 saturated heterocycles. The molecule has 0 heterocycles. The van der Waals surface area contributed by atoms with Crippen LogP contribution in [0.25, 0.3) is 0 Å². The first-order valence-electron chi connectivity index (χ1n) is 2.10. The highest BCUT2D eigenvalue weighted by molar-refractivity contribution is 14.1. The number of carbonyl (C=O) groups is 1. The Morgan fingerprint density at radius 3 is 2.62 bits per heavy atom. The summed E-state index contributed by atoms with van der Waals surface area (Å²) >= 11 is 1.97. The second-order valence-corrected chi connectivity index (χ2v) is 2.53. The highest BCUT2D eigenvalue weighted by atomic mass is 127. The first-order chi connectivity index (χ1) is 3.66. The number of carboxylic acid groups (broad SMARTS) is 1. The van der Waals surface area contributed by atoms with Gasteiger partial charge in [-0.3, -0.25) is 0 Å². The van der Waals surface area contributed by atoms with Crippen molar-refractivity contribution in [3.05, 3.63) is 6.42 Å². The molecule has 0 saturated carbocycles. The molecule has 0 rings (SSSR count). The Bertz CT molecular complexity index is 86.1. The molecule has 0 spiro atoms. The Hall–Kier alpha value is 0. The van der Waals surface area contributed by atoms with Crippen LogP contribution >= 0.6 is 22.6 Å². The van der Waals surface area contributed by atoms with E-state index in [1.54, 1.807) is 13.3 Å². The zero-order valence-corrected chi connectivity index (χ0v) is 6.55. The first-order valence-corrected chi connectivity index (χ1v) is 3.34. The van der Waals surface area contributed by atoms with Gasteiger partial charge < -0.3 is 10.4 Å². The van der Waals surface area contributed by atoms with Crippen LogP contribution in [0.1, 0.15) is 6.92 Å². The number of hydrogen-bond acceptors (Lipinski definition) is 1. The average molecular weight is 228 g/mol. The summed E-state index contributed by atoms with van der Waals surface area (Å²) in [4.78, 5) is 9.83. The fourth-order valence-electron chi connectivity index (χ4n) is 0.201. The van der Waals surface area contributed by atoms with Crippen LogP contribution in [0.15, 0.2) is 0 Å². The minimum absolute atomic E-state index is 0.0786. The van der Waals surface area contributed by atoms with Crippen LogP contribution in [-0.4, -0.2) is 15.2 Å². The molecule has 0 aliphatic rings. The first kappa shape index (κ1) is 8.00. The van der Waals surface area contributed by atoms with Gasteiger partial charge in [0, 0.05) is 0 Å². The predicted molar refractivity (Wildman–Crippen MR) is 38.9 cm³/mol. The molecular weight excluding hydrogens is 221 g/mol. The molecule has 4 heteroatoms. The van der Waals surface area contributed by atoms with E-state index >= 15 is 0 Å². The largest absolute Gasteiger partial charge is 0.465 e. The summed E-state index contributed by atoms with van der Waals surface area (Å²) in [5, 5.41) is 10.3. The van der Waals surface area contributed by atoms with Crippen molar-refractivity contribution >= 4 is 28.7 Å². The van der Waals surface area contributed by atoms with Crippen molar-refractivity contribution in [1.82, 2.24) is 5.32 Å². The van der Waals surface area contributed by atoms with E-state index in [0.717, 1.165) is 0 Å². The maximum atomic E-state index is 9.83. The van der Waals surface area contributed by atoms with Crippen molar-refractivity contribution in [1.29, 1.82) is 0 Å². The maximum Gasteiger partial charge on any atom is 0.405 e. The van der Waals surface area contributed by atoms with Crippen molar-refractivity contribution in [3.63, 3.8) is 0 Å². The van der Waals surface area contributed by atoms with Crippen molar-refractivity contribution in [2.24, 2.45) is 0 Å². The average Bonchev–Trinajstić information content (AvgIpc) is 1.65. The lowest BCUT2D eigenvalue weighted by Gasteiger charge is -2.03. The van der Waals surface area contributed by atoms with E-state index in [9.17, 15) is 4.79 Å². The smallest absolute Gasteiger partial charge is 0.405 e. The van der Waals surface area contributed by atoms with Gasteiger partial charge in [0.25, 0.3) is 0 Å². The van der Waals surface area contributed by atoms with Gasteiger partial charge in [0.2, 0.25) is 0 Å². The summed E-state index contributed by atoms with van der Waals surface area (Å²) in [6.45, 7) is 1.80. The summed E-state index contributed by atoms with van der Waals surface area (Å²) in [6, 6.07) is 0. The fourth-order valence-corrected chi connectivity index (χ4v) is 0.468. The Balaban J connectivity index is 3.24. The second kappa shape index (κ2) is 3.94. The Kier molecular flexibility index (Phi) is 3.94. The van der Waals surface area contributed by atoms with Crippen LogP contribution in [0.3, 0.4) is 0 Å².